The standard InChI is InChI=1S/C19H16F3N3O3S/c1-12-15(20)10-23-19(18(12)22)29(26,27)25(17-5-3-4-16(21)24-17)11-13-6-8-14(28-2)9-7-13/h3-10H,11H2,1-2H3. The van der Waals surface area contributed by atoms with Crippen molar-refractivity contribution >= 4 is 15.8 Å². The number of benzene rings is 1. The number of ether oxygens (including phenoxy) is 1. The zero-order valence-electron chi connectivity index (χ0n) is 15.4. The summed E-state index contributed by atoms with van der Waals surface area (Å²) in [6, 6.07) is 10.00. The second-order valence-corrected chi connectivity index (χ2v) is 7.81. The van der Waals surface area contributed by atoms with Gasteiger partial charge in [-0.1, -0.05) is 18.2 Å². The average molecular weight is 423 g/mol. The van der Waals surface area contributed by atoms with E-state index in [9.17, 15) is 21.6 Å². The Labute approximate surface area is 165 Å². The Morgan fingerprint density at radius 1 is 1.07 bits per heavy atom. The molecule has 3 aromatic rings. The van der Waals surface area contributed by atoms with Gasteiger partial charge in [0.2, 0.25) is 11.0 Å². The van der Waals surface area contributed by atoms with Crippen LogP contribution < -0.4 is 9.04 Å². The highest BCUT2D eigenvalue weighted by atomic mass is 32.2. The van der Waals surface area contributed by atoms with Gasteiger partial charge in [0.1, 0.15) is 17.4 Å². The molecule has 0 radical (unpaired) electrons. The number of sulfonamides is 1. The van der Waals surface area contributed by atoms with E-state index in [4.69, 9.17) is 4.74 Å². The van der Waals surface area contributed by atoms with Gasteiger partial charge < -0.3 is 4.74 Å². The molecule has 29 heavy (non-hydrogen) atoms. The molecule has 0 amide bonds. The first-order valence-electron chi connectivity index (χ1n) is 8.33. The number of halogens is 3. The molecule has 0 spiro atoms. The third-order valence-corrected chi connectivity index (χ3v) is 5.82. The van der Waals surface area contributed by atoms with Crippen molar-refractivity contribution in [3.8, 4) is 5.75 Å². The normalized spacial score (nSPS) is 11.3. The maximum atomic E-state index is 14.5. The number of methoxy groups -OCH3 is 1. The molecule has 0 unspecified atom stereocenters. The summed E-state index contributed by atoms with van der Waals surface area (Å²) in [5.41, 5.74) is 0.00912. The van der Waals surface area contributed by atoms with Gasteiger partial charge in [0.25, 0.3) is 10.0 Å². The quantitative estimate of drug-likeness (QED) is 0.567. The third-order valence-electron chi connectivity index (χ3n) is 4.15. The van der Waals surface area contributed by atoms with Gasteiger partial charge in [-0.25, -0.2) is 23.1 Å². The maximum Gasteiger partial charge on any atom is 0.286 e. The van der Waals surface area contributed by atoms with Gasteiger partial charge in [-0.15, -0.1) is 0 Å². The molecule has 10 heteroatoms. The van der Waals surface area contributed by atoms with Crippen molar-refractivity contribution in [2.24, 2.45) is 0 Å². The molecule has 0 aliphatic heterocycles. The average Bonchev–Trinajstić information content (AvgIpc) is 2.70. The number of hydrogen-bond donors (Lipinski definition) is 0. The zero-order valence-corrected chi connectivity index (χ0v) is 16.3. The summed E-state index contributed by atoms with van der Waals surface area (Å²) in [4.78, 5) is 7.02. The summed E-state index contributed by atoms with van der Waals surface area (Å²) in [7, 11) is -3.15. The lowest BCUT2D eigenvalue weighted by Crippen LogP contribution is -2.33. The van der Waals surface area contributed by atoms with Gasteiger partial charge >= 0.3 is 0 Å². The zero-order chi connectivity index (χ0) is 21.2. The molecule has 0 saturated carbocycles. The van der Waals surface area contributed by atoms with Gasteiger partial charge in [-0.3, -0.25) is 0 Å². The van der Waals surface area contributed by atoms with E-state index in [0.29, 0.717) is 21.8 Å². The lowest BCUT2D eigenvalue weighted by Gasteiger charge is -2.23. The molecule has 152 valence electrons. The van der Waals surface area contributed by atoms with Crippen molar-refractivity contribution in [1.29, 1.82) is 0 Å². The van der Waals surface area contributed by atoms with Gasteiger partial charge in [-0.05, 0) is 36.8 Å². The monoisotopic (exact) mass is 423 g/mol. The summed E-state index contributed by atoms with van der Waals surface area (Å²) < 4.78 is 73.9. The Hall–Kier alpha value is -3.14. The van der Waals surface area contributed by atoms with Crippen LogP contribution in [0.25, 0.3) is 0 Å². The van der Waals surface area contributed by atoms with Crippen LogP contribution in [0.2, 0.25) is 0 Å². The molecule has 0 N–H and O–H groups in total. The second kappa shape index (κ2) is 8.08. The molecule has 0 atom stereocenters. The highest BCUT2D eigenvalue weighted by Crippen LogP contribution is 2.27. The van der Waals surface area contributed by atoms with Gasteiger partial charge in [-0.2, -0.15) is 12.8 Å². The maximum absolute atomic E-state index is 14.5. The molecular formula is C19H16F3N3O3S. The molecule has 2 aromatic heterocycles. The number of nitrogens with zero attached hydrogens (tertiary/aromatic N) is 3. The van der Waals surface area contributed by atoms with Crippen LogP contribution in [-0.4, -0.2) is 25.5 Å². The van der Waals surface area contributed by atoms with Crippen molar-refractivity contribution in [1.82, 2.24) is 9.97 Å². The number of pyridine rings is 2. The van der Waals surface area contributed by atoms with Gasteiger partial charge in [0.15, 0.2) is 5.82 Å². The largest absolute Gasteiger partial charge is 0.497 e. The lowest BCUT2D eigenvalue weighted by molar-refractivity contribution is 0.414. The van der Waals surface area contributed by atoms with Crippen molar-refractivity contribution in [3.63, 3.8) is 0 Å². The first-order valence-corrected chi connectivity index (χ1v) is 9.77. The van der Waals surface area contributed by atoms with E-state index in [1.807, 2.05) is 0 Å². The van der Waals surface area contributed by atoms with Crippen molar-refractivity contribution in [3.05, 3.63) is 77.4 Å². The summed E-state index contributed by atoms with van der Waals surface area (Å²) in [5, 5.41) is -0.976. The van der Waals surface area contributed by atoms with E-state index in [0.717, 1.165) is 13.0 Å². The fourth-order valence-electron chi connectivity index (χ4n) is 2.54. The Morgan fingerprint density at radius 3 is 2.38 bits per heavy atom. The molecule has 0 saturated heterocycles. The van der Waals surface area contributed by atoms with E-state index < -0.39 is 38.2 Å². The fourth-order valence-corrected chi connectivity index (χ4v) is 3.98. The van der Waals surface area contributed by atoms with Gasteiger partial charge in [0.05, 0.1) is 19.9 Å². The van der Waals surface area contributed by atoms with Crippen LogP contribution in [0.4, 0.5) is 19.0 Å². The number of hydrogen-bond acceptors (Lipinski definition) is 5. The van der Waals surface area contributed by atoms with Crippen LogP contribution in [0, 0.1) is 24.5 Å². The van der Waals surface area contributed by atoms with E-state index >= 15 is 0 Å². The topological polar surface area (TPSA) is 72.4 Å². The smallest absolute Gasteiger partial charge is 0.286 e. The van der Waals surface area contributed by atoms with Crippen molar-refractivity contribution in [2.45, 2.75) is 18.5 Å². The van der Waals surface area contributed by atoms with E-state index in [1.54, 1.807) is 24.3 Å². The first-order chi connectivity index (χ1) is 13.7. The molecule has 0 aliphatic carbocycles. The number of rotatable bonds is 6. The summed E-state index contributed by atoms with van der Waals surface area (Å²) >= 11 is 0. The third kappa shape index (κ3) is 4.16. The molecule has 3 rings (SSSR count). The van der Waals surface area contributed by atoms with Crippen LogP contribution in [0.5, 0.6) is 5.75 Å². The molecule has 0 aliphatic rings. The second-order valence-electron chi connectivity index (χ2n) is 6.03. The van der Waals surface area contributed by atoms with Crippen LogP contribution in [0.3, 0.4) is 0 Å². The SMILES string of the molecule is COc1ccc(CN(c2cccc(F)n2)S(=O)(=O)c2ncc(F)c(C)c2F)cc1. The Morgan fingerprint density at radius 2 is 1.76 bits per heavy atom. The lowest BCUT2D eigenvalue weighted by atomic mass is 10.2. The van der Waals surface area contributed by atoms with E-state index in [-0.39, 0.29) is 12.4 Å². The molecule has 6 nitrogen and oxygen atoms in total. The molecule has 2 heterocycles. The van der Waals surface area contributed by atoms with Crippen LogP contribution >= 0.6 is 0 Å². The molecule has 1 aromatic carbocycles. The summed E-state index contributed by atoms with van der Waals surface area (Å²) in [5.74, 6) is -2.94. The Bertz CT molecular complexity index is 1140. The van der Waals surface area contributed by atoms with E-state index in [1.165, 1.54) is 19.2 Å². The van der Waals surface area contributed by atoms with Crippen LogP contribution in [-0.2, 0) is 16.6 Å². The molecule has 0 bridgehead atoms. The van der Waals surface area contributed by atoms with Crippen molar-refractivity contribution in [2.75, 3.05) is 11.4 Å². The minimum atomic E-state index is -4.63. The Balaban J connectivity index is 2.12. The number of aromatic nitrogens is 2. The number of anilines is 1. The first kappa shape index (κ1) is 20.6. The van der Waals surface area contributed by atoms with E-state index in [2.05, 4.69) is 9.97 Å². The highest BCUT2D eigenvalue weighted by molar-refractivity contribution is 7.92. The minimum Gasteiger partial charge on any atom is -0.497 e. The predicted octanol–water partition coefficient (Wildman–Crippen LogP) is 3.61. The summed E-state index contributed by atoms with van der Waals surface area (Å²) in [6.07, 6.45) is 0.621. The fraction of sp³-hybridized carbons (Fsp3) is 0.158. The van der Waals surface area contributed by atoms with Gasteiger partial charge in [0, 0.05) is 5.56 Å². The summed E-state index contributed by atoms with van der Waals surface area (Å²) in [6.45, 7) is 0.805. The predicted molar refractivity (Wildman–Crippen MR) is 99.4 cm³/mol. The Kier molecular flexibility index (Phi) is 5.73. The van der Waals surface area contributed by atoms with Crippen LogP contribution in [0.1, 0.15) is 11.1 Å². The molecular weight excluding hydrogens is 407 g/mol. The van der Waals surface area contributed by atoms with Crippen molar-refractivity contribution < 1.29 is 26.3 Å². The highest BCUT2D eigenvalue weighted by Gasteiger charge is 2.32. The van der Waals surface area contributed by atoms with Crippen LogP contribution in [0.15, 0.2) is 53.7 Å². The molecule has 0 fully saturated rings. The minimum absolute atomic E-state index is 0.274.